The van der Waals surface area contributed by atoms with Crippen molar-refractivity contribution in [2.45, 2.75) is 44.6 Å². The van der Waals surface area contributed by atoms with Crippen molar-refractivity contribution in [1.82, 2.24) is 4.90 Å². The highest BCUT2D eigenvalue weighted by Gasteiger charge is 2.24. The van der Waals surface area contributed by atoms with Crippen molar-refractivity contribution in [3.8, 4) is 0 Å². The van der Waals surface area contributed by atoms with Gasteiger partial charge in [-0.2, -0.15) is 0 Å². The Morgan fingerprint density at radius 2 is 1.50 bits per heavy atom. The summed E-state index contributed by atoms with van der Waals surface area (Å²) in [6.07, 6.45) is 8.89. The van der Waals surface area contributed by atoms with Crippen molar-refractivity contribution in [2.24, 2.45) is 0 Å². The molecule has 1 aliphatic heterocycles. The standard InChI is InChI=1S/C9H17N/c1-2-5-9(6-3-1)10-7-4-8-10/h9H,1-8H2. The molecule has 0 aromatic carbocycles. The lowest BCUT2D eigenvalue weighted by molar-refractivity contribution is 0.0913. The van der Waals surface area contributed by atoms with Gasteiger partial charge in [-0.3, -0.25) is 0 Å². The summed E-state index contributed by atoms with van der Waals surface area (Å²) in [5.74, 6) is 0. The highest BCUT2D eigenvalue weighted by Crippen LogP contribution is 2.25. The molecule has 2 rings (SSSR count). The normalized spacial score (nSPS) is 30.0. The van der Waals surface area contributed by atoms with Crippen LogP contribution in [0.4, 0.5) is 0 Å². The van der Waals surface area contributed by atoms with Crippen molar-refractivity contribution in [3.05, 3.63) is 0 Å². The lowest BCUT2D eigenvalue weighted by Crippen LogP contribution is -2.45. The molecule has 0 N–H and O–H groups in total. The molecule has 2 fully saturated rings. The van der Waals surface area contributed by atoms with Crippen molar-refractivity contribution in [3.63, 3.8) is 0 Å². The van der Waals surface area contributed by atoms with Crippen LogP contribution in [0.25, 0.3) is 0 Å². The lowest BCUT2D eigenvalue weighted by Gasteiger charge is -2.40. The molecule has 1 aliphatic carbocycles. The quantitative estimate of drug-likeness (QED) is 0.537. The van der Waals surface area contributed by atoms with Gasteiger partial charge in [0.1, 0.15) is 0 Å². The summed E-state index contributed by atoms with van der Waals surface area (Å²) < 4.78 is 0. The smallest absolute Gasteiger partial charge is 0.00952 e. The lowest BCUT2D eigenvalue weighted by atomic mass is 9.92. The number of nitrogens with zero attached hydrogens (tertiary/aromatic N) is 1. The van der Waals surface area contributed by atoms with Crippen LogP contribution in [-0.2, 0) is 0 Å². The van der Waals surface area contributed by atoms with Gasteiger partial charge in [0.05, 0.1) is 0 Å². The van der Waals surface area contributed by atoms with Gasteiger partial charge < -0.3 is 4.90 Å². The average Bonchev–Trinajstić information content (AvgIpc) is 1.86. The molecule has 0 atom stereocenters. The number of rotatable bonds is 1. The zero-order chi connectivity index (χ0) is 6.81. The van der Waals surface area contributed by atoms with E-state index in [4.69, 9.17) is 0 Å². The molecule has 0 bridgehead atoms. The van der Waals surface area contributed by atoms with E-state index in [2.05, 4.69) is 4.90 Å². The van der Waals surface area contributed by atoms with Gasteiger partial charge in [-0.05, 0) is 32.4 Å². The first-order valence-corrected chi connectivity index (χ1v) is 4.71. The van der Waals surface area contributed by atoms with Crippen molar-refractivity contribution in [2.75, 3.05) is 13.1 Å². The fourth-order valence-corrected chi connectivity index (χ4v) is 2.15. The second-order valence-electron chi connectivity index (χ2n) is 3.68. The van der Waals surface area contributed by atoms with E-state index >= 15 is 0 Å². The Kier molecular flexibility index (Phi) is 1.94. The van der Waals surface area contributed by atoms with E-state index in [1.807, 2.05) is 0 Å². The van der Waals surface area contributed by atoms with Gasteiger partial charge in [0, 0.05) is 6.04 Å². The van der Waals surface area contributed by atoms with Crippen LogP contribution in [0.2, 0.25) is 0 Å². The molecule has 2 aliphatic rings. The van der Waals surface area contributed by atoms with Crippen molar-refractivity contribution in [1.29, 1.82) is 0 Å². The summed E-state index contributed by atoms with van der Waals surface area (Å²) >= 11 is 0. The minimum Gasteiger partial charge on any atom is -0.300 e. The summed E-state index contributed by atoms with van der Waals surface area (Å²) in [6.45, 7) is 2.79. The van der Waals surface area contributed by atoms with Gasteiger partial charge in [0.15, 0.2) is 0 Å². The first-order chi connectivity index (χ1) is 4.97. The Bertz CT molecular complexity index is 101. The predicted molar refractivity (Wildman–Crippen MR) is 43.1 cm³/mol. The molecule has 0 aromatic rings. The van der Waals surface area contributed by atoms with Crippen molar-refractivity contribution < 1.29 is 0 Å². The van der Waals surface area contributed by atoms with Crippen LogP contribution in [0.1, 0.15) is 38.5 Å². The second kappa shape index (κ2) is 2.91. The first kappa shape index (κ1) is 6.66. The van der Waals surface area contributed by atoms with Crippen LogP contribution in [0, 0.1) is 0 Å². The molecular formula is C9H17N. The maximum Gasteiger partial charge on any atom is 0.00952 e. The fraction of sp³-hybridized carbons (Fsp3) is 1.00. The van der Waals surface area contributed by atoms with E-state index < -0.39 is 0 Å². The Morgan fingerprint density at radius 1 is 0.800 bits per heavy atom. The molecule has 0 amide bonds. The third kappa shape index (κ3) is 1.20. The topological polar surface area (TPSA) is 3.24 Å². The van der Waals surface area contributed by atoms with Crippen LogP contribution in [0.15, 0.2) is 0 Å². The molecule has 1 saturated heterocycles. The second-order valence-corrected chi connectivity index (χ2v) is 3.68. The molecule has 58 valence electrons. The third-order valence-electron chi connectivity index (χ3n) is 2.98. The maximum atomic E-state index is 2.67. The van der Waals surface area contributed by atoms with Crippen molar-refractivity contribution >= 4 is 0 Å². The van der Waals surface area contributed by atoms with E-state index in [9.17, 15) is 0 Å². The summed E-state index contributed by atoms with van der Waals surface area (Å²) in [5, 5.41) is 0. The van der Waals surface area contributed by atoms with E-state index in [1.54, 1.807) is 0 Å². The molecule has 10 heavy (non-hydrogen) atoms. The monoisotopic (exact) mass is 139 g/mol. The Labute approximate surface area is 63.4 Å². The third-order valence-corrected chi connectivity index (χ3v) is 2.98. The highest BCUT2D eigenvalue weighted by atomic mass is 15.2. The van der Waals surface area contributed by atoms with Crippen LogP contribution >= 0.6 is 0 Å². The predicted octanol–water partition coefficient (Wildman–Crippen LogP) is 2.02. The number of hydrogen-bond donors (Lipinski definition) is 0. The van der Waals surface area contributed by atoms with Gasteiger partial charge in [-0.25, -0.2) is 0 Å². The van der Waals surface area contributed by atoms with Crippen LogP contribution < -0.4 is 0 Å². The SMILES string of the molecule is C1CCC(N2CCC2)CC1. The summed E-state index contributed by atoms with van der Waals surface area (Å²) in [4.78, 5) is 2.67. The van der Waals surface area contributed by atoms with E-state index in [-0.39, 0.29) is 0 Å². The van der Waals surface area contributed by atoms with Crippen LogP contribution in [-0.4, -0.2) is 24.0 Å². The molecule has 0 aromatic heterocycles. The fourth-order valence-electron chi connectivity index (χ4n) is 2.15. The van der Waals surface area contributed by atoms with Crippen LogP contribution in [0.5, 0.6) is 0 Å². The summed E-state index contributed by atoms with van der Waals surface area (Å²) in [6, 6.07) is 0.988. The molecular weight excluding hydrogens is 122 g/mol. The van der Waals surface area contributed by atoms with Crippen LogP contribution in [0.3, 0.4) is 0 Å². The van der Waals surface area contributed by atoms with Gasteiger partial charge in [-0.1, -0.05) is 19.3 Å². The Hall–Kier alpha value is -0.0400. The van der Waals surface area contributed by atoms with Gasteiger partial charge >= 0.3 is 0 Å². The molecule has 1 nitrogen and oxygen atoms in total. The first-order valence-electron chi connectivity index (χ1n) is 4.71. The molecule has 1 heteroatoms. The minimum atomic E-state index is 0.988. The average molecular weight is 139 g/mol. The molecule has 1 saturated carbocycles. The van der Waals surface area contributed by atoms with Gasteiger partial charge in [0.25, 0.3) is 0 Å². The summed E-state index contributed by atoms with van der Waals surface area (Å²) in [7, 11) is 0. The highest BCUT2D eigenvalue weighted by molar-refractivity contribution is 4.80. The zero-order valence-electron chi connectivity index (χ0n) is 6.68. The Morgan fingerprint density at radius 3 is 2.00 bits per heavy atom. The van der Waals surface area contributed by atoms with E-state index in [0.29, 0.717) is 0 Å². The Balaban J connectivity index is 1.78. The van der Waals surface area contributed by atoms with Gasteiger partial charge in [0.2, 0.25) is 0 Å². The number of hydrogen-bond acceptors (Lipinski definition) is 1. The largest absolute Gasteiger partial charge is 0.300 e. The molecule has 1 heterocycles. The van der Waals surface area contributed by atoms with E-state index in [0.717, 1.165) is 6.04 Å². The zero-order valence-corrected chi connectivity index (χ0v) is 6.68. The molecule has 0 radical (unpaired) electrons. The minimum absolute atomic E-state index is 0.988. The molecule has 0 unspecified atom stereocenters. The molecule has 0 spiro atoms. The maximum absolute atomic E-state index is 2.67. The van der Waals surface area contributed by atoms with Gasteiger partial charge in [-0.15, -0.1) is 0 Å². The summed E-state index contributed by atoms with van der Waals surface area (Å²) in [5.41, 5.74) is 0. The number of likely N-dealkylation sites (tertiary alicyclic amines) is 1. The van der Waals surface area contributed by atoms with E-state index in [1.165, 1.54) is 51.6 Å².